The highest BCUT2D eigenvalue weighted by Crippen LogP contribution is 2.26. The molecule has 3 nitrogen and oxygen atoms in total. The number of anilines is 2. The number of halogens is 1. The maximum absolute atomic E-state index is 5.84. The lowest BCUT2D eigenvalue weighted by molar-refractivity contribution is 1.13. The Hall–Kier alpha value is -2.13. The molecule has 1 heterocycles. The Balaban J connectivity index is 2.08. The van der Waals surface area contributed by atoms with Gasteiger partial charge in [0.1, 0.15) is 5.82 Å². The summed E-state index contributed by atoms with van der Waals surface area (Å²) >= 11 is 5.84. The molecule has 0 saturated carbocycles. The van der Waals surface area contributed by atoms with Crippen molar-refractivity contribution in [3.05, 3.63) is 59.5 Å². The zero-order valence-corrected chi connectivity index (χ0v) is 11.1. The minimum atomic E-state index is 0.244. The first-order valence-corrected chi connectivity index (χ1v) is 6.36. The van der Waals surface area contributed by atoms with Gasteiger partial charge in [0.05, 0.1) is 0 Å². The Labute approximate surface area is 116 Å². The summed E-state index contributed by atoms with van der Waals surface area (Å²) in [5, 5.41) is 5.90. The molecule has 0 unspecified atom stereocenters. The van der Waals surface area contributed by atoms with E-state index in [9.17, 15) is 0 Å². The fourth-order valence-electron chi connectivity index (χ4n) is 2.01. The van der Waals surface area contributed by atoms with Crippen molar-refractivity contribution in [1.82, 2.24) is 9.97 Å². The maximum Gasteiger partial charge on any atom is 0.224 e. The van der Waals surface area contributed by atoms with Crippen LogP contribution >= 0.6 is 11.6 Å². The lowest BCUT2D eigenvalue weighted by Gasteiger charge is -2.11. The predicted molar refractivity (Wildman–Crippen MR) is 79.0 cm³/mol. The van der Waals surface area contributed by atoms with Crippen LogP contribution in [0, 0.1) is 6.92 Å². The Morgan fingerprint density at radius 2 is 1.84 bits per heavy atom. The van der Waals surface area contributed by atoms with E-state index in [-0.39, 0.29) is 5.28 Å². The van der Waals surface area contributed by atoms with Crippen LogP contribution in [0.15, 0.2) is 48.7 Å². The Morgan fingerprint density at radius 3 is 2.74 bits per heavy atom. The predicted octanol–water partition coefficient (Wildman–Crippen LogP) is 4.34. The third-order valence-corrected chi connectivity index (χ3v) is 3.17. The zero-order chi connectivity index (χ0) is 13.2. The van der Waals surface area contributed by atoms with E-state index in [1.54, 1.807) is 6.20 Å². The molecule has 19 heavy (non-hydrogen) atoms. The topological polar surface area (TPSA) is 37.8 Å². The van der Waals surface area contributed by atoms with Gasteiger partial charge in [0.15, 0.2) is 0 Å². The minimum Gasteiger partial charge on any atom is -0.339 e. The second kappa shape index (κ2) is 4.86. The summed E-state index contributed by atoms with van der Waals surface area (Å²) < 4.78 is 0. The van der Waals surface area contributed by atoms with Crippen molar-refractivity contribution < 1.29 is 0 Å². The number of hydrogen-bond acceptors (Lipinski definition) is 3. The molecular weight excluding hydrogens is 258 g/mol. The van der Waals surface area contributed by atoms with Crippen molar-refractivity contribution >= 4 is 33.9 Å². The van der Waals surface area contributed by atoms with Crippen molar-refractivity contribution in [2.45, 2.75) is 6.92 Å². The smallest absolute Gasteiger partial charge is 0.224 e. The van der Waals surface area contributed by atoms with Gasteiger partial charge in [-0.3, -0.25) is 0 Å². The van der Waals surface area contributed by atoms with Gasteiger partial charge in [0, 0.05) is 22.8 Å². The molecule has 0 amide bonds. The molecule has 1 N–H and O–H groups in total. The van der Waals surface area contributed by atoms with Crippen LogP contribution in [0.2, 0.25) is 5.28 Å². The Kier molecular flexibility index (Phi) is 3.05. The van der Waals surface area contributed by atoms with E-state index in [2.05, 4.69) is 33.5 Å². The fourth-order valence-corrected chi connectivity index (χ4v) is 2.14. The van der Waals surface area contributed by atoms with E-state index >= 15 is 0 Å². The molecule has 0 aliphatic heterocycles. The zero-order valence-electron chi connectivity index (χ0n) is 10.4. The molecule has 0 saturated heterocycles. The monoisotopic (exact) mass is 269 g/mol. The van der Waals surface area contributed by atoms with Crippen LogP contribution in [-0.4, -0.2) is 9.97 Å². The quantitative estimate of drug-likeness (QED) is 0.704. The van der Waals surface area contributed by atoms with Crippen molar-refractivity contribution in [1.29, 1.82) is 0 Å². The number of benzene rings is 2. The number of nitrogens with one attached hydrogen (secondary N) is 1. The number of nitrogens with zero attached hydrogens (tertiary/aromatic N) is 2. The van der Waals surface area contributed by atoms with Gasteiger partial charge in [-0.2, -0.15) is 0 Å². The number of fused-ring (bicyclic) bond motifs is 1. The average Bonchev–Trinajstić information content (AvgIpc) is 2.43. The standard InChI is InChI=1S/C15H12ClN3/c1-10-9-17-15(16)19-14(10)18-13-8-4-6-11-5-2-3-7-12(11)13/h2-9H,1H3,(H,17,18,19). The number of aromatic nitrogens is 2. The molecule has 3 aromatic rings. The molecule has 0 aliphatic rings. The molecule has 0 spiro atoms. The first-order chi connectivity index (χ1) is 9.24. The summed E-state index contributed by atoms with van der Waals surface area (Å²) in [5.41, 5.74) is 1.97. The van der Waals surface area contributed by atoms with Crippen molar-refractivity contribution in [2.24, 2.45) is 0 Å². The molecule has 94 valence electrons. The highest BCUT2D eigenvalue weighted by atomic mass is 35.5. The normalized spacial score (nSPS) is 10.6. The molecule has 0 fully saturated rings. The minimum absolute atomic E-state index is 0.244. The third-order valence-electron chi connectivity index (χ3n) is 2.99. The van der Waals surface area contributed by atoms with E-state index in [0.717, 1.165) is 22.5 Å². The van der Waals surface area contributed by atoms with Crippen LogP contribution in [0.1, 0.15) is 5.56 Å². The van der Waals surface area contributed by atoms with Gasteiger partial charge in [-0.1, -0.05) is 36.4 Å². The van der Waals surface area contributed by atoms with Crippen molar-refractivity contribution in [3.8, 4) is 0 Å². The van der Waals surface area contributed by atoms with E-state index in [1.165, 1.54) is 5.39 Å². The number of hydrogen-bond donors (Lipinski definition) is 1. The van der Waals surface area contributed by atoms with E-state index in [4.69, 9.17) is 11.6 Å². The second-order valence-corrected chi connectivity index (χ2v) is 4.66. The van der Waals surface area contributed by atoms with Gasteiger partial charge in [0.2, 0.25) is 5.28 Å². The lowest BCUT2D eigenvalue weighted by atomic mass is 10.1. The first-order valence-electron chi connectivity index (χ1n) is 5.98. The molecule has 3 rings (SSSR count). The molecular formula is C15H12ClN3. The third kappa shape index (κ3) is 2.37. The van der Waals surface area contributed by atoms with Crippen LogP contribution < -0.4 is 5.32 Å². The molecule has 4 heteroatoms. The van der Waals surface area contributed by atoms with Crippen LogP contribution in [0.4, 0.5) is 11.5 Å². The summed E-state index contributed by atoms with van der Waals surface area (Å²) in [5.74, 6) is 0.733. The van der Waals surface area contributed by atoms with Gasteiger partial charge < -0.3 is 5.32 Å². The summed E-state index contributed by atoms with van der Waals surface area (Å²) in [6, 6.07) is 14.3. The maximum atomic E-state index is 5.84. The highest BCUT2D eigenvalue weighted by molar-refractivity contribution is 6.28. The van der Waals surface area contributed by atoms with Gasteiger partial charge in [0.25, 0.3) is 0 Å². The molecule has 1 aromatic heterocycles. The SMILES string of the molecule is Cc1cnc(Cl)nc1Nc1cccc2ccccc12. The molecule has 0 atom stereocenters. The summed E-state index contributed by atoms with van der Waals surface area (Å²) in [6.45, 7) is 1.95. The molecule has 2 aromatic carbocycles. The second-order valence-electron chi connectivity index (χ2n) is 4.32. The van der Waals surface area contributed by atoms with E-state index < -0.39 is 0 Å². The summed E-state index contributed by atoms with van der Waals surface area (Å²) in [6.07, 6.45) is 1.71. The first kappa shape index (κ1) is 11.9. The fraction of sp³-hybridized carbons (Fsp3) is 0.0667. The van der Waals surface area contributed by atoms with Crippen LogP contribution in [0.25, 0.3) is 10.8 Å². The van der Waals surface area contributed by atoms with Crippen LogP contribution in [0.5, 0.6) is 0 Å². The Morgan fingerprint density at radius 1 is 1.05 bits per heavy atom. The largest absolute Gasteiger partial charge is 0.339 e. The number of aryl methyl sites for hydroxylation is 1. The average molecular weight is 270 g/mol. The van der Waals surface area contributed by atoms with Gasteiger partial charge in [-0.25, -0.2) is 9.97 Å². The van der Waals surface area contributed by atoms with E-state index in [1.807, 2.05) is 31.2 Å². The van der Waals surface area contributed by atoms with Crippen molar-refractivity contribution in [2.75, 3.05) is 5.32 Å². The Bertz CT molecular complexity index is 735. The molecule has 0 radical (unpaired) electrons. The number of rotatable bonds is 2. The lowest BCUT2D eigenvalue weighted by Crippen LogP contribution is -1.98. The van der Waals surface area contributed by atoms with Crippen LogP contribution in [-0.2, 0) is 0 Å². The molecule has 0 aliphatic carbocycles. The summed E-state index contributed by atoms with van der Waals surface area (Å²) in [7, 11) is 0. The van der Waals surface area contributed by atoms with Crippen LogP contribution in [0.3, 0.4) is 0 Å². The molecule has 0 bridgehead atoms. The summed E-state index contributed by atoms with van der Waals surface area (Å²) in [4.78, 5) is 8.18. The highest BCUT2D eigenvalue weighted by Gasteiger charge is 2.05. The van der Waals surface area contributed by atoms with Crippen molar-refractivity contribution in [3.63, 3.8) is 0 Å². The van der Waals surface area contributed by atoms with E-state index in [0.29, 0.717) is 0 Å². The van der Waals surface area contributed by atoms with Gasteiger partial charge in [-0.15, -0.1) is 0 Å². The van der Waals surface area contributed by atoms with Gasteiger partial charge in [-0.05, 0) is 30.0 Å². The van der Waals surface area contributed by atoms with Gasteiger partial charge >= 0.3 is 0 Å².